The zero-order valence-electron chi connectivity index (χ0n) is 14.5. The molecule has 134 valence electrons. The van der Waals surface area contributed by atoms with E-state index in [0.717, 1.165) is 30.9 Å². The van der Waals surface area contributed by atoms with Crippen LogP contribution in [0.4, 0.5) is 0 Å². The first-order valence-corrected chi connectivity index (χ1v) is 9.00. The van der Waals surface area contributed by atoms with E-state index in [1.54, 1.807) is 7.11 Å². The molecule has 0 unspecified atom stereocenters. The molecule has 1 N–H and O–H groups in total. The number of hydrogen-bond donors (Lipinski definition) is 1. The summed E-state index contributed by atoms with van der Waals surface area (Å²) in [6.07, 6.45) is 4.78. The number of ether oxygens (including phenoxy) is 3. The van der Waals surface area contributed by atoms with Gasteiger partial charge in [0.05, 0.1) is 39.1 Å². The topological polar surface area (TPSA) is 51.2 Å². The van der Waals surface area contributed by atoms with Crippen molar-refractivity contribution in [2.24, 2.45) is 0 Å². The molecule has 0 spiro atoms. The Bertz CT molecular complexity index is 491. The maximum Gasteiger partial charge on any atom is 0.118 e. The van der Waals surface area contributed by atoms with Crippen LogP contribution in [0.1, 0.15) is 31.2 Å². The quantitative estimate of drug-likeness (QED) is 0.828. The van der Waals surface area contributed by atoms with Crippen molar-refractivity contribution in [2.75, 3.05) is 33.4 Å². The van der Waals surface area contributed by atoms with E-state index in [1.807, 2.05) is 24.3 Å². The first-order valence-electron chi connectivity index (χ1n) is 9.00. The number of morpholine rings is 1. The Hall–Kier alpha value is -1.14. The minimum atomic E-state index is -0.455. The Morgan fingerprint density at radius 3 is 2.83 bits per heavy atom. The first kappa shape index (κ1) is 17.7. The molecular weight excluding hydrogens is 306 g/mol. The van der Waals surface area contributed by atoms with Gasteiger partial charge in [0.25, 0.3) is 0 Å². The number of aliphatic hydroxyl groups excluding tert-OH is 1. The number of hydrogen-bond acceptors (Lipinski definition) is 5. The Morgan fingerprint density at radius 2 is 2.04 bits per heavy atom. The minimum Gasteiger partial charge on any atom is -0.497 e. The molecule has 1 aliphatic carbocycles. The van der Waals surface area contributed by atoms with E-state index in [0.29, 0.717) is 31.9 Å². The van der Waals surface area contributed by atoms with Crippen LogP contribution in [0.3, 0.4) is 0 Å². The fraction of sp³-hybridized carbons (Fsp3) is 0.684. The van der Waals surface area contributed by atoms with Crippen LogP contribution in [0, 0.1) is 0 Å². The molecule has 2 aliphatic rings. The SMILES string of the molecule is COc1ccc(COC[C@H](O)CN2CCO[C@H]3CCCC[C@H]32)cc1. The van der Waals surface area contributed by atoms with Gasteiger partial charge in [0.2, 0.25) is 0 Å². The fourth-order valence-corrected chi connectivity index (χ4v) is 3.76. The van der Waals surface area contributed by atoms with Crippen molar-refractivity contribution in [3.05, 3.63) is 29.8 Å². The molecule has 24 heavy (non-hydrogen) atoms. The molecule has 0 bridgehead atoms. The van der Waals surface area contributed by atoms with Crippen LogP contribution in [0.5, 0.6) is 5.75 Å². The van der Waals surface area contributed by atoms with E-state index in [9.17, 15) is 5.11 Å². The van der Waals surface area contributed by atoms with E-state index >= 15 is 0 Å². The minimum absolute atomic E-state index is 0.361. The molecule has 1 aromatic carbocycles. The molecule has 2 fully saturated rings. The Labute approximate surface area is 144 Å². The molecular formula is C19H29NO4. The summed E-state index contributed by atoms with van der Waals surface area (Å²) in [6.45, 7) is 3.24. The molecule has 1 aromatic rings. The van der Waals surface area contributed by atoms with E-state index in [1.165, 1.54) is 19.3 Å². The monoisotopic (exact) mass is 335 g/mol. The maximum absolute atomic E-state index is 10.3. The number of nitrogens with zero attached hydrogens (tertiary/aromatic N) is 1. The molecule has 1 heterocycles. The molecule has 3 rings (SSSR count). The molecule has 0 aromatic heterocycles. The Balaban J connectivity index is 1.40. The zero-order valence-corrected chi connectivity index (χ0v) is 14.5. The smallest absolute Gasteiger partial charge is 0.118 e. The van der Waals surface area contributed by atoms with E-state index in [-0.39, 0.29) is 0 Å². The summed E-state index contributed by atoms with van der Waals surface area (Å²) in [4.78, 5) is 2.40. The second-order valence-electron chi connectivity index (χ2n) is 6.77. The maximum atomic E-state index is 10.3. The third-order valence-electron chi connectivity index (χ3n) is 5.03. The third kappa shape index (κ3) is 4.70. The summed E-state index contributed by atoms with van der Waals surface area (Å²) >= 11 is 0. The summed E-state index contributed by atoms with van der Waals surface area (Å²) in [6, 6.07) is 8.29. The molecule has 0 amide bonds. The molecule has 1 saturated carbocycles. The van der Waals surface area contributed by atoms with Gasteiger partial charge in [-0.2, -0.15) is 0 Å². The Morgan fingerprint density at radius 1 is 1.25 bits per heavy atom. The van der Waals surface area contributed by atoms with Crippen LogP contribution in [0.2, 0.25) is 0 Å². The number of benzene rings is 1. The van der Waals surface area contributed by atoms with Crippen molar-refractivity contribution in [3.63, 3.8) is 0 Å². The van der Waals surface area contributed by atoms with E-state index in [4.69, 9.17) is 14.2 Å². The fourth-order valence-electron chi connectivity index (χ4n) is 3.76. The van der Waals surface area contributed by atoms with Crippen molar-refractivity contribution in [2.45, 2.75) is 50.5 Å². The van der Waals surface area contributed by atoms with Crippen LogP contribution in [0.15, 0.2) is 24.3 Å². The van der Waals surface area contributed by atoms with Crippen molar-refractivity contribution in [1.29, 1.82) is 0 Å². The standard InChI is InChI=1S/C19H29NO4/c1-22-17-8-6-15(7-9-17)13-23-14-16(21)12-20-10-11-24-19-5-3-2-4-18(19)20/h6-9,16,18-19,21H,2-5,10-14H2,1H3/t16-,18-,19+/m1/s1. The lowest BCUT2D eigenvalue weighted by molar-refractivity contribution is -0.103. The summed E-state index contributed by atoms with van der Waals surface area (Å²) in [5.41, 5.74) is 1.08. The normalized spacial score (nSPS) is 25.9. The van der Waals surface area contributed by atoms with Crippen LogP contribution in [-0.4, -0.2) is 61.7 Å². The third-order valence-corrected chi connectivity index (χ3v) is 5.03. The first-order chi connectivity index (χ1) is 11.8. The van der Waals surface area contributed by atoms with Crippen molar-refractivity contribution in [3.8, 4) is 5.75 Å². The van der Waals surface area contributed by atoms with Crippen LogP contribution >= 0.6 is 0 Å². The van der Waals surface area contributed by atoms with Gasteiger partial charge in [-0.1, -0.05) is 25.0 Å². The Kier molecular flexibility index (Phi) is 6.49. The molecule has 3 atom stereocenters. The summed E-state index contributed by atoms with van der Waals surface area (Å²) in [5.74, 6) is 0.841. The van der Waals surface area contributed by atoms with Gasteiger partial charge in [-0.3, -0.25) is 4.90 Å². The number of rotatable bonds is 7. The highest BCUT2D eigenvalue weighted by Crippen LogP contribution is 2.28. The van der Waals surface area contributed by atoms with Gasteiger partial charge in [0.15, 0.2) is 0 Å². The van der Waals surface area contributed by atoms with Gasteiger partial charge in [-0.25, -0.2) is 0 Å². The van der Waals surface area contributed by atoms with Crippen LogP contribution < -0.4 is 4.74 Å². The van der Waals surface area contributed by atoms with Crippen molar-refractivity contribution < 1.29 is 19.3 Å². The highest BCUT2D eigenvalue weighted by molar-refractivity contribution is 5.26. The highest BCUT2D eigenvalue weighted by atomic mass is 16.5. The molecule has 0 radical (unpaired) electrons. The van der Waals surface area contributed by atoms with Crippen molar-refractivity contribution >= 4 is 0 Å². The average Bonchev–Trinajstić information content (AvgIpc) is 2.63. The lowest BCUT2D eigenvalue weighted by atomic mass is 9.90. The highest BCUT2D eigenvalue weighted by Gasteiger charge is 2.34. The molecule has 1 aliphatic heterocycles. The predicted molar refractivity (Wildman–Crippen MR) is 92.2 cm³/mol. The van der Waals surface area contributed by atoms with Gasteiger partial charge in [-0.05, 0) is 30.5 Å². The lowest BCUT2D eigenvalue weighted by Gasteiger charge is -2.44. The number of aliphatic hydroxyl groups is 1. The molecule has 5 nitrogen and oxygen atoms in total. The largest absolute Gasteiger partial charge is 0.497 e. The van der Waals surface area contributed by atoms with Crippen LogP contribution in [0.25, 0.3) is 0 Å². The zero-order chi connectivity index (χ0) is 16.8. The molecule has 1 saturated heterocycles. The lowest BCUT2D eigenvalue weighted by Crippen LogP contribution is -2.54. The summed E-state index contributed by atoms with van der Waals surface area (Å²) in [7, 11) is 1.66. The van der Waals surface area contributed by atoms with Crippen molar-refractivity contribution in [1.82, 2.24) is 4.90 Å². The average molecular weight is 335 g/mol. The van der Waals surface area contributed by atoms with E-state index in [2.05, 4.69) is 4.90 Å². The van der Waals surface area contributed by atoms with Crippen LogP contribution in [-0.2, 0) is 16.1 Å². The summed E-state index contributed by atoms with van der Waals surface area (Å²) in [5, 5.41) is 10.3. The second kappa shape index (κ2) is 8.81. The number of methoxy groups -OCH3 is 1. The second-order valence-corrected chi connectivity index (χ2v) is 6.77. The van der Waals surface area contributed by atoms with Gasteiger partial charge < -0.3 is 19.3 Å². The number of fused-ring (bicyclic) bond motifs is 1. The van der Waals surface area contributed by atoms with Gasteiger partial charge in [-0.15, -0.1) is 0 Å². The summed E-state index contributed by atoms with van der Waals surface area (Å²) < 4.78 is 16.7. The predicted octanol–water partition coefficient (Wildman–Crippen LogP) is 2.22. The van der Waals surface area contributed by atoms with Gasteiger partial charge in [0.1, 0.15) is 5.75 Å². The molecule has 5 heteroatoms. The van der Waals surface area contributed by atoms with Gasteiger partial charge >= 0.3 is 0 Å². The number of β-amino-alcohol motifs (C(OH)–C–C–N with tert-alkyl or cyclic N) is 1. The van der Waals surface area contributed by atoms with E-state index < -0.39 is 6.10 Å². The van der Waals surface area contributed by atoms with Gasteiger partial charge in [0, 0.05) is 19.1 Å².